The van der Waals surface area contributed by atoms with Crippen molar-refractivity contribution >= 4 is 16.2 Å². The van der Waals surface area contributed by atoms with E-state index in [9.17, 15) is 13.2 Å². The lowest BCUT2D eigenvalue weighted by Gasteiger charge is -2.30. The fourth-order valence-corrected chi connectivity index (χ4v) is 3.15. The van der Waals surface area contributed by atoms with Crippen LogP contribution in [-0.4, -0.2) is 59.2 Å². The van der Waals surface area contributed by atoms with Crippen molar-refractivity contribution < 1.29 is 22.7 Å². The number of hydrogen-bond acceptors (Lipinski definition) is 5. The summed E-state index contributed by atoms with van der Waals surface area (Å²) in [4.78, 5) is 11.4. The summed E-state index contributed by atoms with van der Waals surface area (Å²) < 4.78 is 37.0. The first kappa shape index (κ1) is 15.4. The molecule has 8 heteroatoms. The first-order valence-electron chi connectivity index (χ1n) is 5.82. The number of methoxy groups -OCH3 is 2. The maximum Gasteiger partial charge on any atom is 0.309 e. The SMILES string of the molecule is COCCNS(=O)(=O)N1CCC[C@H](C(=O)OC)C1. The minimum absolute atomic E-state index is 0.176. The van der Waals surface area contributed by atoms with Crippen molar-refractivity contribution in [2.24, 2.45) is 5.92 Å². The highest BCUT2D eigenvalue weighted by Gasteiger charge is 2.32. The minimum Gasteiger partial charge on any atom is -0.469 e. The zero-order chi connectivity index (χ0) is 13.6. The van der Waals surface area contributed by atoms with Gasteiger partial charge in [-0.1, -0.05) is 0 Å². The fourth-order valence-electron chi connectivity index (χ4n) is 1.88. The van der Waals surface area contributed by atoms with Crippen molar-refractivity contribution in [3.63, 3.8) is 0 Å². The van der Waals surface area contributed by atoms with Gasteiger partial charge in [0.1, 0.15) is 0 Å². The lowest BCUT2D eigenvalue weighted by atomic mass is 10.0. The predicted octanol–water partition coefficient (Wildman–Crippen LogP) is -0.648. The Morgan fingerprint density at radius 2 is 2.17 bits per heavy atom. The van der Waals surface area contributed by atoms with E-state index in [0.717, 1.165) is 0 Å². The first-order chi connectivity index (χ1) is 8.51. The number of esters is 1. The van der Waals surface area contributed by atoms with Gasteiger partial charge in [0.15, 0.2) is 0 Å². The van der Waals surface area contributed by atoms with Crippen molar-refractivity contribution in [2.75, 3.05) is 40.5 Å². The van der Waals surface area contributed by atoms with Gasteiger partial charge in [0.25, 0.3) is 10.2 Å². The van der Waals surface area contributed by atoms with Gasteiger partial charge in [0, 0.05) is 26.7 Å². The van der Waals surface area contributed by atoms with Crippen molar-refractivity contribution in [1.29, 1.82) is 0 Å². The number of piperidine rings is 1. The lowest BCUT2D eigenvalue weighted by molar-refractivity contribution is -0.146. The van der Waals surface area contributed by atoms with E-state index in [0.29, 0.717) is 26.0 Å². The Bertz CT molecular complexity index is 370. The van der Waals surface area contributed by atoms with Crippen molar-refractivity contribution in [1.82, 2.24) is 9.03 Å². The summed E-state index contributed by atoms with van der Waals surface area (Å²) in [6, 6.07) is 0. The van der Waals surface area contributed by atoms with E-state index in [1.54, 1.807) is 0 Å². The Morgan fingerprint density at radius 1 is 1.44 bits per heavy atom. The molecule has 1 rings (SSSR count). The van der Waals surface area contributed by atoms with Gasteiger partial charge in [0.05, 0.1) is 19.6 Å². The molecule has 0 saturated carbocycles. The molecule has 1 N–H and O–H groups in total. The largest absolute Gasteiger partial charge is 0.469 e. The van der Waals surface area contributed by atoms with E-state index in [1.165, 1.54) is 18.5 Å². The third-order valence-corrected chi connectivity index (χ3v) is 4.43. The van der Waals surface area contributed by atoms with E-state index < -0.39 is 10.2 Å². The van der Waals surface area contributed by atoms with Crippen LogP contribution in [0.2, 0.25) is 0 Å². The van der Waals surface area contributed by atoms with Gasteiger partial charge in [0.2, 0.25) is 0 Å². The maximum absolute atomic E-state index is 11.9. The van der Waals surface area contributed by atoms with E-state index in [-0.39, 0.29) is 25.0 Å². The number of rotatable bonds is 6. The van der Waals surface area contributed by atoms with Gasteiger partial charge < -0.3 is 9.47 Å². The molecule has 1 aliphatic heterocycles. The number of carbonyl (C=O) groups excluding carboxylic acids is 1. The van der Waals surface area contributed by atoms with Gasteiger partial charge in [-0.3, -0.25) is 4.79 Å². The molecule has 1 saturated heterocycles. The van der Waals surface area contributed by atoms with Crippen LogP contribution >= 0.6 is 0 Å². The van der Waals surface area contributed by atoms with Gasteiger partial charge in [-0.2, -0.15) is 17.4 Å². The average Bonchev–Trinajstić information content (AvgIpc) is 2.38. The van der Waals surface area contributed by atoms with E-state index >= 15 is 0 Å². The Hall–Kier alpha value is -0.700. The summed E-state index contributed by atoms with van der Waals surface area (Å²) in [6.45, 7) is 1.14. The molecule has 0 unspecified atom stereocenters. The van der Waals surface area contributed by atoms with Crippen LogP contribution in [0.3, 0.4) is 0 Å². The molecular weight excluding hydrogens is 260 g/mol. The topological polar surface area (TPSA) is 84.9 Å². The third-order valence-electron chi connectivity index (χ3n) is 2.85. The summed E-state index contributed by atoms with van der Waals surface area (Å²) in [5.41, 5.74) is 0. The Morgan fingerprint density at radius 3 is 2.78 bits per heavy atom. The van der Waals surface area contributed by atoms with Crippen molar-refractivity contribution in [2.45, 2.75) is 12.8 Å². The summed E-state index contributed by atoms with van der Waals surface area (Å²) in [5.74, 6) is -0.727. The molecule has 1 atom stereocenters. The van der Waals surface area contributed by atoms with Crippen LogP contribution in [0.1, 0.15) is 12.8 Å². The molecule has 18 heavy (non-hydrogen) atoms. The molecule has 0 spiro atoms. The average molecular weight is 280 g/mol. The molecule has 0 aromatic rings. The molecule has 0 aromatic heterocycles. The molecule has 1 fully saturated rings. The number of nitrogens with zero attached hydrogens (tertiary/aromatic N) is 1. The van der Waals surface area contributed by atoms with Crippen LogP contribution in [0.15, 0.2) is 0 Å². The standard InChI is InChI=1S/C10H20N2O5S/c1-16-7-5-11-18(14,15)12-6-3-4-9(8-12)10(13)17-2/h9,11H,3-8H2,1-2H3/t9-/m0/s1. The van der Waals surface area contributed by atoms with Crippen LogP contribution in [-0.2, 0) is 24.5 Å². The zero-order valence-corrected chi connectivity index (χ0v) is 11.5. The molecule has 0 aromatic carbocycles. The van der Waals surface area contributed by atoms with Crippen LogP contribution in [0.4, 0.5) is 0 Å². The van der Waals surface area contributed by atoms with Crippen molar-refractivity contribution in [3.8, 4) is 0 Å². The lowest BCUT2D eigenvalue weighted by Crippen LogP contribution is -2.48. The predicted molar refractivity (Wildman–Crippen MR) is 65.1 cm³/mol. The maximum atomic E-state index is 11.9. The Balaban J connectivity index is 2.57. The smallest absolute Gasteiger partial charge is 0.309 e. The normalized spacial score (nSPS) is 21.8. The number of ether oxygens (including phenoxy) is 2. The van der Waals surface area contributed by atoms with Gasteiger partial charge in [-0.15, -0.1) is 0 Å². The highest BCUT2D eigenvalue weighted by Crippen LogP contribution is 2.19. The highest BCUT2D eigenvalue weighted by atomic mass is 32.2. The quantitative estimate of drug-likeness (QED) is 0.516. The van der Waals surface area contributed by atoms with E-state index in [4.69, 9.17) is 4.74 Å². The zero-order valence-electron chi connectivity index (χ0n) is 10.7. The molecule has 7 nitrogen and oxygen atoms in total. The summed E-state index contributed by atoms with van der Waals surface area (Å²) in [6.07, 6.45) is 1.32. The number of hydrogen-bond donors (Lipinski definition) is 1. The Kier molecular flexibility index (Phi) is 6.00. The second-order valence-corrected chi connectivity index (χ2v) is 5.87. The first-order valence-corrected chi connectivity index (χ1v) is 7.26. The molecule has 0 bridgehead atoms. The number of nitrogens with one attached hydrogen (secondary N) is 1. The second-order valence-electron chi connectivity index (χ2n) is 4.11. The van der Waals surface area contributed by atoms with Crippen LogP contribution in [0.5, 0.6) is 0 Å². The molecule has 0 radical (unpaired) electrons. The molecule has 0 aliphatic carbocycles. The Labute approximate surface area is 108 Å². The highest BCUT2D eigenvalue weighted by molar-refractivity contribution is 7.87. The van der Waals surface area contributed by atoms with Crippen LogP contribution in [0.25, 0.3) is 0 Å². The third kappa shape index (κ3) is 4.20. The van der Waals surface area contributed by atoms with E-state index in [2.05, 4.69) is 9.46 Å². The second kappa shape index (κ2) is 7.03. The van der Waals surface area contributed by atoms with Crippen molar-refractivity contribution in [3.05, 3.63) is 0 Å². The van der Waals surface area contributed by atoms with Crippen LogP contribution < -0.4 is 4.72 Å². The summed E-state index contributed by atoms with van der Waals surface area (Å²) >= 11 is 0. The monoisotopic (exact) mass is 280 g/mol. The fraction of sp³-hybridized carbons (Fsp3) is 0.900. The van der Waals surface area contributed by atoms with Gasteiger partial charge in [-0.25, -0.2) is 0 Å². The van der Waals surface area contributed by atoms with Gasteiger partial charge >= 0.3 is 5.97 Å². The van der Waals surface area contributed by atoms with Crippen LogP contribution in [0, 0.1) is 5.92 Å². The molecule has 106 valence electrons. The molecular formula is C10H20N2O5S. The molecule has 0 amide bonds. The molecule has 1 heterocycles. The molecule has 1 aliphatic rings. The summed E-state index contributed by atoms with van der Waals surface area (Å²) in [7, 11) is -0.720. The summed E-state index contributed by atoms with van der Waals surface area (Å²) in [5, 5.41) is 0. The number of carbonyl (C=O) groups is 1. The van der Waals surface area contributed by atoms with Gasteiger partial charge in [-0.05, 0) is 12.8 Å². The minimum atomic E-state index is -3.53. The van der Waals surface area contributed by atoms with E-state index in [1.807, 2.05) is 0 Å².